The number of carbonyl (C=O) groups excluding carboxylic acids is 2. The van der Waals surface area contributed by atoms with Crippen molar-refractivity contribution in [1.82, 2.24) is 0 Å². The van der Waals surface area contributed by atoms with E-state index in [1.165, 1.54) is 0 Å². The number of hydrogen-bond donors (Lipinski definition) is 0. The van der Waals surface area contributed by atoms with Gasteiger partial charge in [0, 0.05) is 11.6 Å². The second-order valence-corrected chi connectivity index (χ2v) is 3.13. The number of halogens is 1. The van der Waals surface area contributed by atoms with E-state index in [1.54, 1.807) is 0 Å². The van der Waals surface area contributed by atoms with Gasteiger partial charge in [0.1, 0.15) is 0 Å². The van der Waals surface area contributed by atoms with Gasteiger partial charge in [-0.1, -0.05) is 0 Å². The molecule has 0 radical (unpaired) electrons. The van der Waals surface area contributed by atoms with Crippen LogP contribution in [0.4, 0.5) is 10.1 Å². The number of aldehydes is 1. The standard InChI is InChI=1S/C10H8FNO5/c1-17-10(14)4-6-2-8(11)9(12(15)16)3-7(6)5-13/h2-3,5H,4H2,1H3. The van der Waals surface area contributed by atoms with E-state index < -0.39 is 22.4 Å². The molecule has 0 spiro atoms. The van der Waals surface area contributed by atoms with Gasteiger partial charge in [-0.2, -0.15) is 4.39 Å². The predicted molar refractivity (Wildman–Crippen MR) is 54.2 cm³/mol. The van der Waals surface area contributed by atoms with Gasteiger partial charge in [0.05, 0.1) is 18.5 Å². The summed E-state index contributed by atoms with van der Waals surface area (Å²) in [6.07, 6.45) is 0.00417. The molecule has 0 N–H and O–H groups in total. The highest BCUT2D eigenvalue weighted by Crippen LogP contribution is 2.22. The number of esters is 1. The summed E-state index contributed by atoms with van der Waals surface area (Å²) in [5.41, 5.74) is -0.862. The van der Waals surface area contributed by atoms with Crippen molar-refractivity contribution in [2.75, 3.05) is 7.11 Å². The second kappa shape index (κ2) is 5.15. The fraction of sp³-hybridized carbons (Fsp3) is 0.200. The van der Waals surface area contributed by atoms with Crippen molar-refractivity contribution in [3.05, 3.63) is 39.2 Å². The van der Waals surface area contributed by atoms with E-state index >= 15 is 0 Å². The first-order valence-electron chi connectivity index (χ1n) is 4.48. The molecule has 17 heavy (non-hydrogen) atoms. The second-order valence-electron chi connectivity index (χ2n) is 3.13. The molecule has 1 aromatic rings. The van der Waals surface area contributed by atoms with E-state index in [9.17, 15) is 24.1 Å². The molecular formula is C10H8FNO5. The Morgan fingerprint density at radius 2 is 2.24 bits per heavy atom. The zero-order valence-corrected chi connectivity index (χ0v) is 8.81. The molecule has 1 rings (SSSR count). The monoisotopic (exact) mass is 241 g/mol. The van der Waals surface area contributed by atoms with Crippen LogP contribution in [0.3, 0.4) is 0 Å². The van der Waals surface area contributed by atoms with Crippen LogP contribution in [0, 0.1) is 15.9 Å². The van der Waals surface area contributed by atoms with Crippen LogP contribution in [0.2, 0.25) is 0 Å². The maximum atomic E-state index is 13.3. The topological polar surface area (TPSA) is 86.5 Å². The lowest BCUT2D eigenvalue weighted by molar-refractivity contribution is -0.387. The Kier molecular flexibility index (Phi) is 3.86. The van der Waals surface area contributed by atoms with Crippen LogP contribution in [0.1, 0.15) is 15.9 Å². The van der Waals surface area contributed by atoms with Gasteiger partial charge in [-0.25, -0.2) is 0 Å². The SMILES string of the molecule is COC(=O)Cc1cc(F)c([N+](=O)[O-])cc1C=O. The zero-order valence-electron chi connectivity index (χ0n) is 8.81. The summed E-state index contributed by atoms with van der Waals surface area (Å²) in [4.78, 5) is 31.2. The van der Waals surface area contributed by atoms with Crippen molar-refractivity contribution in [3.63, 3.8) is 0 Å². The van der Waals surface area contributed by atoms with Crippen molar-refractivity contribution >= 4 is 17.9 Å². The minimum Gasteiger partial charge on any atom is -0.469 e. The highest BCUT2D eigenvalue weighted by atomic mass is 19.1. The largest absolute Gasteiger partial charge is 0.469 e. The number of rotatable bonds is 4. The number of benzene rings is 1. The molecule has 0 aliphatic heterocycles. The third-order valence-electron chi connectivity index (χ3n) is 2.09. The van der Waals surface area contributed by atoms with Crippen LogP contribution in [-0.4, -0.2) is 24.3 Å². The van der Waals surface area contributed by atoms with Gasteiger partial charge in [0.15, 0.2) is 6.29 Å². The first kappa shape index (κ1) is 12.8. The zero-order chi connectivity index (χ0) is 13.0. The Hall–Kier alpha value is -2.31. The van der Waals surface area contributed by atoms with Gasteiger partial charge >= 0.3 is 11.7 Å². The fourth-order valence-electron chi connectivity index (χ4n) is 1.25. The highest BCUT2D eigenvalue weighted by molar-refractivity contribution is 5.82. The summed E-state index contributed by atoms with van der Waals surface area (Å²) >= 11 is 0. The molecule has 0 heterocycles. The number of hydrogen-bond acceptors (Lipinski definition) is 5. The molecule has 0 aromatic heterocycles. The summed E-state index contributed by atoms with van der Waals surface area (Å²) in [5, 5.41) is 10.4. The first-order chi connectivity index (χ1) is 7.99. The minimum absolute atomic E-state index is 0.0509. The van der Waals surface area contributed by atoms with E-state index in [-0.39, 0.29) is 17.5 Å². The molecule has 0 fully saturated rings. The Labute approximate surface area is 95.1 Å². The van der Waals surface area contributed by atoms with Gasteiger partial charge in [0.25, 0.3) is 0 Å². The third-order valence-corrected chi connectivity index (χ3v) is 2.09. The normalized spacial score (nSPS) is 9.76. The average Bonchev–Trinajstić information content (AvgIpc) is 2.28. The fourth-order valence-corrected chi connectivity index (χ4v) is 1.25. The van der Waals surface area contributed by atoms with Crippen LogP contribution >= 0.6 is 0 Å². The number of nitro groups is 1. The number of nitro benzene ring substituents is 1. The number of methoxy groups -OCH3 is 1. The summed E-state index contributed by atoms with van der Waals surface area (Å²) in [6.45, 7) is 0. The van der Waals surface area contributed by atoms with Gasteiger partial charge in [-0.3, -0.25) is 19.7 Å². The molecular weight excluding hydrogens is 233 g/mol. The lowest BCUT2D eigenvalue weighted by Crippen LogP contribution is -2.08. The van der Waals surface area contributed by atoms with Crippen molar-refractivity contribution in [2.45, 2.75) is 6.42 Å². The molecule has 0 bridgehead atoms. The van der Waals surface area contributed by atoms with Gasteiger partial charge in [0.2, 0.25) is 5.82 Å². The molecule has 0 unspecified atom stereocenters. The van der Waals surface area contributed by atoms with E-state index in [0.29, 0.717) is 6.29 Å². The minimum atomic E-state index is -1.10. The summed E-state index contributed by atoms with van der Waals surface area (Å²) in [5.74, 6) is -1.76. The van der Waals surface area contributed by atoms with E-state index in [1.807, 2.05) is 0 Å². The summed E-state index contributed by atoms with van der Waals surface area (Å²) in [7, 11) is 1.14. The Morgan fingerprint density at radius 1 is 1.59 bits per heavy atom. The van der Waals surface area contributed by atoms with Crippen LogP contribution in [-0.2, 0) is 16.0 Å². The lowest BCUT2D eigenvalue weighted by Gasteiger charge is -2.04. The molecule has 0 aliphatic rings. The Balaban J connectivity index is 3.23. The smallest absolute Gasteiger partial charge is 0.310 e. The van der Waals surface area contributed by atoms with E-state index in [2.05, 4.69) is 4.74 Å². The maximum Gasteiger partial charge on any atom is 0.310 e. The third kappa shape index (κ3) is 2.83. The van der Waals surface area contributed by atoms with Gasteiger partial charge in [-0.05, 0) is 11.6 Å². The molecule has 6 nitrogen and oxygen atoms in total. The van der Waals surface area contributed by atoms with Crippen molar-refractivity contribution in [2.24, 2.45) is 0 Å². The summed E-state index contributed by atoms with van der Waals surface area (Å²) in [6, 6.07) is 1.58. The first-order valence-corrected chi connectivity index (χ1v) is 4.48. The molecule has 0 amide bonds. The van der Waals surface area contributed by atoms with Gasteiger partial charge in [-0.15, -0.1) is 0 Å². The molecule has 0 atom stereocenters. The maximum absolute atomic E-state index is 13.3. The number of ether oxygens (including phenoxy) is 1. The van der Waals surface area contributed by atoms with Crippen LogP contribution in [0.25, 0.3) is 0 Å². The van der Waals surface area contributed by atoms with E-state index in [4.69, 9.17) is 0 Å². The van der Waals surface area contributed by atoms with Crippen LogP contribution in [0.5, 0.6) is 0 Å². The van der Waals surface area contributed by atoms with Crippen molar-refractivity contribution in [1.29, 1.82) is 0 Å². The summed E-state index contributed by atoms with van der Waals surface area (Å²) < 4.78 is 17.6. The van der Waals surface area contributed by atoms with Crippen LogP contribution in [0.15, 0.2) is 12.1 Å². The molecule has 0 aliphatic carbocycles. The Morgan fingerprint density at radius 3 is 2.71 bits per heavy atom. The predicted octanol–water partition coefficient (Wildman–Crippen LogP) is 1.26. The molecule has 0 saturated heterocycles. The highest BCUT2D eigenvalue weighted by Gasteiger charge is 2.19. The number of nitrogens with zero attached hydrogens (tertiary/aromatic N) is 1. The van der Waals surface area contributed by atoms with Gasteiger partial charge < -0.3 is 4.74 Å². The molecule has 1 aromatic carbocycles. The molecule has 0 saturated carbocycles. The Bertz CT molecular complexity index is 486. The number of carbonyl (C=O) groups is 2. The average molecular weight is 241 g/mol. The molecule has 90 valence electrons. The van der Waals surface area contributed by atoms with Crippen molar-refractivity contribution < 1.29 is 23.6 Å². The van der Waals surface area contributed by atoms with Crippen molar-refractivity contribution in [3.8, 4) is 0 Å². The van der Waals surface area contributed by atoms with E-state index in [0.717, 1.165) is 19.2 Å². The molecule has 7 heteroatoms. The lowest BCUT2D eigenvalue weighted by atomic mass is 10.0. The van der Waals surface area contributed by atoms with Crippen LogP contribution < -0.4 is 0 Å². The quantitative estimate of drug-likeness (QED) is 0.343.